The van der Waals surface area contributed by atoms with E-state index in [1.807, 2.05) is 35.2 Å². The van der Waals surface area contributed by atoms with Crippen molar-refractivity contribution < 1.29 is 19.1 Å². The number of aromatic amines is 1. The number of aromatic nitrogens is 1. The van der Waals surface area contributed by atoms with E-state index in [0.717, 1.165) is 68.4 Å². The minimum absolute atomic E-state index is 0.0549. The lowest BCUT2D eigenvalue weighted by atomic mass is 9.94. The van der Waals surface area contributed by atoms with Crippen LogP contribution in [0.5, 0.6) is 11.5 Å². The summed E-state index contributed by atoms with van der Waals surface area (Å²) in [5.41, 5.74) is 4.22. The first-order valence-corrected chi connectivity index (χ1v) is 13.1. The topological polar surface area (TPSA) is 78.1 Å². The maximum Gasteiger partial charge on any atom is 0.275 e. The maximum absolute atomic E-state index is 13.8. The highest BCUT2D eigenvalue weighted by molar-refractivity contribution is 6.07. The van der Waals surface area contributed by atoms with E-state index in [2.05, 4.69) is 26.9 Å². The van der Waals surface area contributed by atoms with Gasteiger partial charge in [0, 0.05) is 50.2 Å². The van der Waals surface area contributed by atoms with E-state index in [9.17, 15) is 9.59 Å². The molecule has 3 aromatic rings. The third kappa shape index (κ3) is 4.57. The van der Waals surface area contributed by atoms with Crippen molar-refractivity contribution in [3.05, 3.63) is 71.5 Å². The number of para-hydroxylation sites is 2. The summed E-state index contributed by atoms with van der Waals surface area (Å²) in [4.78, 5) is 35.4. The Bertz CT molecular complexity index is 1310. The molecule has 37 heavy (non-hydrogen) atoms. The summed E-state index contributed by atoms with van der Waals surface area (Å²) in [6.45, 7) is 7.06. The molecule has 0 radical (unpaired) electrons. The van der Waals surface area contributed by atoms with Crippen molar-refractivity contribution in [3.8, 4) is 11.5 Å². The number of anilines is 2. The first kappa shape index (κ1) is 23.6. The number of rotatable bonds is 5. The lowest BCUT2D eigenvalue weighted by Gasteiger charge is -2.42. The van der Waals surface area contributed by atoms with Gasteiger partial charge in [-0.25, -0.2) is 0 Å². The Hall–Kier alpha value is -3.78. The van der Waals surface area contributed by atoms with Crippen LogP contribution in [0.4, 0.5) is 11.4 Å². The van der Waals surface area contributed by atoms with Crippen LogP contribution < -0.4 is 19.3 Å². The van der Waals surface area contributed by atoms with E-state index >= 15 is 0 Å². The highest BCUT2D eigenvalue weighted by atomic mass is 16.6. The monoisotopic (exact) mass is 500 g/mol. The molecule has 4 heterocycles. The maximum atomic E-state index is 13.8. The molecule has 8 heteroatoms. The Balaban J connectivity index is 1.18. The first-order chi connectivity index (χ1) is 18.1. The predicted molar refractivity (Wildman–Crippen MR) is 142 cm³/mol. The fourth-order valence-electron chi connectivity index (χ4n) is 5.68. The standard InChI is InChI=1S/C29H32N4O4/c1-20(34)22-17-24(30-18-22)29(35)33-23(10-9-21-5-2-3-6-25(21)33)19-31-11-13-32(14-12-31)26-7-4-8-27-28(26)37-16-15-36-27/h2-8,17-18,23,30H,9-16,19H2,1H3. The summed E-state index contributed by atoms with van der Waals surface area (Å²) in [6, 6.07) is 16.0. The van der Waals surface area contributed by atoms with E-state index in [0.29, 0.717) is 24.5 Å². The van der Waals surface area contributed by atoms with Crippen LogP contribution in [0.25, 0.3) is 0 Å². The molecule has 1 unspecified atom stereocenters. The van der Waals surface area contributed by atoms with Crippen molar-refractivity contribution >= 4 is 23.1 Å². The van der Waals surface area contributed by atoms with Gasteiger partial charge in [0.15, 0.2) is 17.3 Å². The molecule has 1 saturated heterocycles. The Labute approximate surface area is 216 Å². The van der Waals surface area contributed by atoms with Crippen LogP contribution in [0.15, 0.2) is 54.7 Å². The zero-order valence-corrected chi connectivity index (χ0v) is 21.1. The minimum atomic E-state index is -0.0867. The summed E-state index contributed by atoms with van der Waals surface area (Å²) in [6.07, 6.45) is 3.47. The zero-order valence-electron chi connectivity index (χ0n) is 21.1. The smallest absolute Gasteiger partial charge is 0.275 e. The van der Waals surface area contributed by atoms with E-state index in [-0.39, 0.29) is 17.7 Å². The second-order valence-corrected chi connectivity index (χ2v) is 9.94. The van der Waals surface area contributed by atoms with Gasteiger partial charge in [0.05, 0.1) is 11.7 Å². The van der Waals surface area contributed by atoms with Crippen LogP contribution >= 0.6 is 0 Å². The fourth-order valence-corrected chi connectivity index (χ4v) is 5.68. The highest BCUT2D eigenvalue weighted by Crippen LogP contribution is 2.40. The molecule has 1 fully saturated rings. The van der Waals surface area contributed by atoms with E-state index < -0.39 is 0 Å². The number of aryl methyl sites for hydroxylation is 1. The van der Waals surface area contributed by atoms with Gasteiger partial charge in [-0.2, -0.15) is 0 Å². The van der Waals surface area contributed by atoms with Gasteiger partial charge in [-0.1, -0.05) is 24.3 Å². The van der Waals surface area contributed by atoms with Gasteiger partial charge in [-0.15, -0.1) is 0 Å². The van der Waals surface area contributed by atoms with Crippen molar-refractivity contribution in [2.45, 2.75) is 25.8 Å². The van der Waals surface area contributed by atoms with Crippen molar-refractivity contribution in [1.82, 2.24) is 9.88 Å². The third-order valence-electron chi connectivity index (χ3n) is 7.63. The molecule has 1 amide bonds. The molecular formula is C29H32N4O4. The van der Waals surface area contributed by atoms with Gasteiger partial charge in [0.1, 0.15) is 18.9 Å². The molecule has 3 aliphatic rings. The summed E-state index contributed by atoms with van der Waals surface area (Å²) in [5.74, 6) is 1.52. The van der Waals surface area contributed by atoms with Crippen molar-refractivity contribution in [3.63, 3.8) is 0 Å². The van der Waals surface area contributed by atoms with Crippen LogP contribution in [0, 0.1) is 0 Å². The molecule has 0 saturated carbocycles. The van der Waals surface area contributed by atoms with Gasteiger partial charge in [-0.3, -0.25) is 14.5 Å². The second-order valence-electron chi connectivity index (χ2n) is 9.94. The number of benzene rings is 2. The summed E-state index contributed by atoms with van der Waals surface area (Å²) in [7, 11) is 0. The van der Waals surface area contributed by atoms with Gasteiger partial charge >= 0.3 is 0 Å². The van der Waals surface area contributed by atoms with E-state index in [1.54, 1.807) is 12.3 Å². The number of ether oxygens (including phenoxy) is 2. The van der Waals surface area contributed by atoms with Crippen molar-refractivity contribution in [2.75, 3.05) is 55.7 Å². The predicted octanol–water partition coefficient (Wildman–Crippen LogP) is 3.77. The number of hydrogen-bond acceptors (Lipinski definition) is 6. The van der Waals surface area contributed by atoms with Crippen LogP contribution in [0.2, 0.25) is 0 Å². The molecular weight excluding hydrogens is 468 g/mol. The normalized spacial score (nSPS) is 19.4. The first-order valence-electron chi connectivity index (χ1n) is 13.1. The molecule has 0 aliphatic carbocycles. The molecule has 1 aromatic heterocycles. The molecule has 8 nitrogen and oxygen atoms in total. The molecule has 2 aromatic carbocycles. The number of fused-ring (bicyclic) bond motifs is 2. The number of nitrogens with zero attached hydrogens (tertiary/aromatic N) is 3. The number of carbonyl (C=O) groups is 2. The van der Waals surface area contributed by atoms with E-state index in [1.165, 1.54) is 12.5 Å². The van der Waals surface area contributed by atoms with Gasteiger partial charge in [0.25, 0.3) is 5.91 Å². The minimum Gasteiger partial charge on any atom is -0.486 e. The quantitative estimate of drug-likeness (QED) is 0.538. The Morgan fingerprint density at radius 2 is 1.76 bits per heavy atom. The molecule has 1 N–H and O–H groups in total. The summed E-state index contributed by atoms with van der Waals surface area (Å²) >= 11 is 0. The molecule has 0 spiro atoms. The second kappa shape index (κ2) is 9.94. The van der Waals surface area contributed by atoms with E-state index in [4.69, 9.17) is 9.47 Å². The zero-order chi connectivity index (χ0) is 25.4. The summed E-state index contributed by atoms with van der Waals surface area (Å²) in [5, 5.41) is 0. The number of H-pyrrole nitrogens is 1. The third-order valence-corrected chi connectivity index (χ3v) is 7.63. The van der Waals surface area contributed by atoms with Gasteiger partial charge in [0.2, 0.25) is 0 Å². The lowest BCUT2D eigenvalue weighted by molar-refractivity contribution is 0.0958. The average Bonchev–Trinajstić information content (AvgIpc) is 3.44. The molecule has 6 rings (SSSR count). The number of carbonyl (C=O) groups excluding carboxylic acids is 2. The Morgan fingerprint density at radius 3 is 2.57 bits per heavy atom. The average molecular weight is 501 g/mol. The van der Waals surface area contributed by atoms with Gasteiger partial charge < -0.3 is 24.3 Å². The Morgan fingerprint density at radius 1 is 0.973 bits per heavy atom. The molecule has 3 aliphatic heterocycles. The molecule has 192 valence electrons. The van der Waals surface area contributed by atoms with Crippen LogP contribution in [-0.2, 0) is 6.42 Å². The SMILES string of the molecule is CC(=O)c1c[nH]c(C(=O)N2c3ccccc3CCC2CN2CCN(c3cccc4c3OCCO4)CC2)c1. The van der Waals surface area contributed by atoms with Crippen LogP contribution in [0.3, 0.4) is 0 Å². The van der Waals surface area contributed by atoms with Crippen molar-refractivity contribution in [2.24, 2.45) is 0 Å². The van der Waals surface area contributed by atoms with Crippen molar-refractivity contribution in [1.29, 1.82) is 0 Å². The highest BCUT2D eigenvalue weighted by Gasteiger charge is 2.34. The molecule has 1 atom stereocenters. The number of amides is 1. The number of Topliss-reactive ketones (excluding diaryl/α,β-unsaturated/α-hetero) is 1. The number of nitrogens with one attached hydrogen (secondary N) is 1. The summed E-state index contributed by atoms with van der Waals surface area (Å²) < 4.78 is 11.7. The lowest BCUT2D eigenvalue weighted by Crippen LogP contribution is -2.54. The largest absolute Gasteiger partial charge is 0.486 e. The molecule has 0 bridgehead atoms. The number of piperazine rings is 1. The van der Waals surface area contributed by atoms with Crippen LogP contribution in [0.1, 0.15) is 39.8 Å². The number of hydrogen-bond donors (Lipinski definition) is 1. The van der Waals surface area contributed by atoms with Crippen LogP contribution in [-0.4, -0.2) is 73.6 Å². The van der Waals surface area contributed by atoms with Gasteiger partial charge in [-0.05, 0) is 49.6 Å². The fraction of sp³-hybridized carbons (Fsp3) is 0.379. The Kier molecular flexibility index (Phi) is 6.34. The number of ketones is 1.